The number of allylic oxidation sites excluding steroid dienone is 1. The Morgan fingerprint density at radius 3 is 2.31 bits per heavy atom. The summed E-state index contributed by atoms with van der Waals surface area (Å²) in [6.07, 6.45) is 0. The predicted molar refractivity (Wildman–Crippen MR) is 117 cm³/mol. The topological polar surface area (TPSA) is 72.3 Å². The molecule has 0 radical (unpaired) electrons. The lowest BCUT2D eigenvalue weighted by Crippen LogP contribution is -2.29. The minimum atomic E-state index is -0.339. The number of carbonyl (C=O) groups excluding carboxylic acids is 1. The van der Waals surface area contributed by atoms with Crippen LogP contribution >= 0.6 is 0 Å². The summed E-state index contributed by atoms with van der Waals surface area (Å²) < 4.78 is 0. The number of nitrogens with zero attached hydrogens (tertiary/aromatic N) is 2. The normalized spacial score (nSPS) is 11.8. The summed E-state index contributed by atoms with van der Waals surface area (Å²) in [5, 5.41) is 10.8. The van der Waals surface area contributed by atoms with E-state index in [1.165, 1.54) is 7.11 Å². The second-order valence-electron chi connectivity index (χ2n) is 6.58. The molecular weight excluding hydrogens is 366 g/mol. The van der Waals surface area contributed by atoms with Crippen LogP contribution < -0.4 is 5.32 Å². The van der Waals surface area contributed by atoms with E-state index >= 15 is 0 Å². The van der Waals surface area contributed by atoms with Gasteiger partial charge in [0, 0.05) is 23.7 Å². The van der Waals surface area contributed by atoms with Crippen LogP contribution in [0.5, 0.6) is 0 Å². The number of carbonyl (C=O) groups is 1. The first kappa shape index (κ1) is 21.9. The summed E-state index contributed by atoms with van der Waals surface area (Å²) in [7, 11) is 2.95. The van der Waals surface area contributed by atoms with Gasteiger partial charge in [-0.25, -0.2) is 0 Å². The molecule has 0 spiro atoms. The fourth-order valence-corrected chi connectivity index (χ4v) is 2.95. The maximum Gasteiger partial charge on any atom is 0.273 e. The minimum Gasteiger partial charge on any atom is -0.398 e. The molecule has 6 heteroatoms. The third-order valence-electron chi connectivity index (χ3n) is 4.48. The number of aryl methyl sites for hydroxylation is 1. The van der Waals surface area contributed by atoms with Crippen molar-refractivity contribution >= 4 is 22.9 Å². The summed E-state index contributed by atoms with van der Waals surface area (Å²) in [4.78, 5) is 22.8. The molecule has 152 valence electrons. The maximum absolute atomic E-state index is 12.2. The van der Waals surface area contributed by atoms with E-state index < -0.39 is 0 Å². The quantitative estimate of drug-likeness (QED) is 0.543. The molecule has 2 rings (SSSR count). The number of amides is 1. The van der Waals surface area contributed by atoms with Crippen LogP contribution in [0, 0.1) is 6.92 Å². The van der Waals surface area contributed by atoms with E-state index in [1.54, 1.807) is 7.05 Å². The van der Waals surface area contributed by atoms with Gasteiger partial charge in [-0.1, -0.05) is 64.9 Å². The Bertz CT molecular complexity index is 962. The molecule has 0 unspecified atom stereocenters. The average molecular weight is 393 g/mol. The molecule has 1 N–H and O–H groups in total. The smallest absolute Gasteiger partial charge is 0.273 e. The highest BCUT2D eigenvalue weighted by molar-refractivity contribution is 6.45. The molecule has 0 atom stereocenters. The Morgan fingerprint density at radius 1 is 1.03 bits per heavy atom. The van der Waals surface area contributed by atoms with Crippen LogP contribution in [0.15, 0.2) is 59.4 Å². The monoisotopic (exact) mass is 393 g/mol. The second-order valence-corrected chi connectivity index (χ2v) is 6.58. The van der Waals surface area contributed by atoms with Crippen LogP contribution in [0.3, 0.4) is 0 Å². The molecule has 1 amide bonds. The Labute approximate surface area is 171 Å². The van der Waals surface area contributed by atoms with Crippen LogP contribution in [-0.2, 0) is 21.1 Å². The summed E-state index contributed by atoms with van der Waals surface area (Å²) in [6, 6.07) is 13.5. The van der Waals surface area contributed by atoms with Crippen LogP contribution in [-0.4, -0.2) is 31.5 Å². The van der Waals surface area contributed by atoms with Gasteiger partial charge in [-0.15, -0.1) is 0 Å². The molecular formula is C23H27N3O3. The highest BCUT2D eigenvalue weighted by Gasteiger charge is 2.19. The summed E-state index contributed by atoms with van der Waals surface area (Å²) in [5.74, 6) is -0.339. The summed E-state index contributed by atoms with van der Waals surface area (Å²) in [6.45, 7) is 10.0. The van der Waals surface area contributed by atoms with E-state index in [2.05, 4.69) is 22.2 Å². The first-order valence-corrected chi connectivity index (χ1v) is 9.24. The van der Waals surface area contributed by atoms with Crippen molar-refractivity contribution in [2.75, 3.05) is 14.2 Å². The molecule has 0 aliphatic carbocycles. The van der Waals surface area contributed by atoms with Crippen LogP contribution in [0.2, 0.25) is 0 Å². The van der Waals surface area contributed by atoms with Crippen LogP contribution in [0.4, 0.5) is 0 Å². The molecule has 0 saturated heterocycles. The van der Waals surface area contributed by atoms with E-state index in [9.17, 15) is 4.79 Å². The largest absolute Gasteiger partial charge is 0.398 e. The molecule has 0 saturated carbocycles. The van der Waals surface area contributed by atoms with Crippen molar-refractivity contribution in [3.63, 3.8) is 0 Å². The van der Waals surface area contributed by atoms with Crippen molar-refractivity contribution in [3.05, 3.63) is 76.9 Å². The van der Waals surface area contributed by atoms with Crippen molar-refractivity contribution in [1.82, 2.24) is 5.32 Å². The Kier molecular flexibility index (Phi) is 7.71. The van der Waals surface area contributed by atoms with Crippen molar-refractivity contribution in [1.29, 1.82) is 0 Å². The molecule has 0 heterocycles. The fourth-order valence-electron chi connectivity index (χ4n) is 2.95. The van der Waals surface area contributed by atoms with Gasteiger partial charge in [0.05, 0.1) is 5.71 Å². The van der Waals surface area contributed by atoms with Crippen LogP contribution in [0.1, 0.15) is 41.7 Å². The Balaban J connectivity index is 2.32. The highest BCUT2D eigenvalue weighted by Crippen LogP contribution is 2.20. The van der Waals surface area contributed by atoms with Gasteiger partial charge < -0.3 is 15.0 Å². The number of nitrogens with one attached hydrogen (secondary N) is 1. The molecule has 6 nitrogen and oxygen atoms in total. The molecule has 0 aromatic heterocycles. The Morgan fingerprint density at radius 2 is 1.69 bits per heavy atom. The molecule has 2 aromatic carbocycles. The van der Waals surface area contributed by atoms with Gasteiger partial charge in [0.1, 0.15) is 13.7 Å². The highest BCUT2D eigenvalue weighted by atomic mass is 16.6. The van der Waals surface area contributed by atoms with Crippen molar-refractivity contribution < 1.29 is 14.5 Å². The lowest BCUT2D eigenvalue weighted by atomic mass is 9.98. The lowest BCUT2D eigenvalue weighted by Gasteiger charge is -2.13. The molecule has 0 fully saturated rings. The van der Waals surface area contributed by atoms with E-state index in [-0.39, 0.29) is 18.2 Å². The standard InChI is InChI=1S/C23H27N3O3/c1-15(2)18-11-7-8-12-19(18)17(4)25-29-14-21-16(3)10-9-13-20(21)22(26-28-6)23(27)24-5/h7-13H,1,14H2,2-6H3,(H,24,27)/b25-17+,26-22+. The number of benzene rings is 2. The Hall–Kier alpha value is -3.41. The van der Waals surface area contributed by atoms with Crippen molar-refractivity contribution in [2.45, 2.75) is 27.4 Å². The summed E-state index contributed by atoms with van der Waals surface area (Å²) in [5.41, 5.74) is 6.31. The van der Waals surface area contributed by atoms with E-state index in [1.807, 2.05) is 63.2 Å². The van der Waals surface area contributed by atoms with Crippen LogP contribution in [0.25, 0.3) is 5.57 Å². The SMILES string of the molecule is C=C(C)c1ccccc1/C(C)=N/OCc1c(C)cccc1/C(=N\OC)C(=O)NC. The van der Waals surface area contributed by atoms with Gasteiger partial charge in [-0.2, -0.15) is 0 Å². The zero-order chi connectivity index (χ0) is 21.4. The number of rotatable bonds is 8. The zero-order valence-corrected chi connectivity index (χ0v) is 17.6. The van der Waals surface area contributed by atoms with Crippen molar-refractivity contribution in [3.8, 4) is 0 Å². The van der Waals surface area contributed by atoms with E-state index in [4.69, 9.17) is 9.68 Å². The second kappa shape index (κ2) is 10.2. The number of hydrogen-bond acceptors (Lipinski definition) is 5. The number of hydrogen-bond donors (Lipinski definition) is 1. The zero-order valence-electron chi connectivity index (χ0n) is 17.6. The predicted octanol–water partition coefficient (Wildman–Crippen LogP) is 4.07. The van der Waals surface area contributed by atoms with Gasteiger partial charge in [0.15, 0.2) is 5.71 Å². The average Bonchev–Trinajstić information content (AvgIpc) is 2.72. The first-order valence-electron chi connectivity index (χ1n) is 9.24. The molecule has 0 aliphatic heterocycles. The molecule has 2 aromatic rings. The fraction of sp³-hybridized carbons (Fsp3) is 0.261. The van der Waals surface area contributed by atoms with Gasteiger partial charge in [0.25, 0.3) is 5.91 Å². The number of likely N-dealkylation sites (N-methyl/N-ethyl adjacent to an activating group) is 1. The maximum atomic E-state index is 12.2. The van der Waals surface area contributed by atoms with E-state index in [0.29, 0.717) is 5.56 Å². The molecule has 0 bridgehead atoms. The van der Waals surface area contributed by atoms with Gasteiger partial charge in [-0.05, 0) is 31.9 Å². The third kappa shape index (κ3) is 5.31. The van der Waals surface area contributed by atoms with Gasteiger partial charge in [0.2, 0.25) is 0 Å². The number of oxime groups is 2. The summed E-state index contributed by atoms with van der Waals surface area (Å²) >= 11 is 0. The van der Waals surface area contributed by atoms with E-state index in [0.717, 1.165) is 33.5 Å². The molecule has 0 aliphatic rings. The van der Waals surface area contributed by atoms with Crippen molar-refractivity contribution in [2.24, 2.45) is 10.3 Å². The third-order valence-corrected chi connectivity index (χ3v) is 4.48. The minimum absolute atomic E-state index is 0.186. The molecule has 29 heavy (non-hydrogen) atoms. The van der Waals surface area contributed by atoms with Gasteiger partial charge >= 0.3 is 0 Å². The van der Waals surface area contributed by atoms with Gasteiger partial charge in [-0.3, -0.25) is 4.79 Å². The first-order chi connectivity index (χ1) is 13.9. The lowest BCUT2D eigenvalue weighted by molar-refractivity contribution is -0.114.